The van der Waals surface area contributed by atoms with Crippen LogP contribution in [0.1, 0.15) is 16.9 Å². The molecule has 1 aliphatic heterocycles. The van der Waals surface area contributed by atoms with Crippen molar-refractivity contribution < 1.29 is 27.9 Å². The second-order valence-electron chi connectivity index (χ2n) is 6.89. The van der Waals surface area contributed by atoms with Crippen LogP contribution in [0.4, 0.5) is 9.18 Å². The van der Waals surface area contributed by atoms with Gasteiger partial charge in [-0.1, -0.05) is 18.2 Å². The number of benzene rings is 2. The molecule has 0 saturated carbocycles. The number of nitrogens with one attached hydrogen (secondary N) is 1. The minimum absolute atomic E-state index is 0.0951. The van der Waals surface area contributed by atoms with Crippen LogP contribution in [0.2, 0.25) is 0 Å². The number of halogens is 2. The maximum absolute atomic E-state index is 13.0. The van der Waals surface area contributed by atoms with E-state index >= 15 is 0 Å². The number of carbonyl (C=O) groups excluding carboxylic acids is 3. The zero-order valence-corrected chi connectivity index (χ0v) is 18.1. The smallest absolute Gasteiger partial charge is 0.331 e. The standard InChI is InChI=1S/C23H16BrFN2O5/c24-19-11-15(5-8-20(19)32-13-14-3-6-16(25)7-4-14)10-18-21(28)26-23(30)27(22(18)29)12-17-2-1-9-31-17/h1-11H,12-13H2,(H,26,28,30). The summed E-state index contributed by atoms with van der Waals surface area (Å²) in [6.45, 7) is 0.145. The second-order valence-corrected chi connectivity index (χ2v) is 7.75. The fraction of sp³-hybridized carbons (Fsp3) is 0.0870. The van der Waals surface area contributed by atoms with Gasteiger partial charge in [0.2, 0.25) is 0 Å². The number of barbiturate groups is 1. The summed E-state index contributed by atoms with van der Waals surface area (Å²) in [4.78, 5) is 38.1. The molecule has 2 heterocycles. The lowest BCUT2D eigenvalue weighted by Gasteiger charge is -2.25. The first kappa shape index (κ1) is 21.5. The van der Waals surface area contributed by atoms with E-state index in [2.05, 4.69) is 21.2 Å². The lowest BCUT2D eigenvalue weighted by Crippen LogP contribution is -2.53. The summed E-state index contributed by atoms with van der Waals surface area (Å²) < 4.78 is 24.5. The first-order valence-corrected chi connectivity index (χ1v) is 10.3. The first-order chi connectivity index (χ1) is 15.4. The number of imide groups is 2. The summed E-state index contributed by atoms with van der Waals surface area (Å²) in [5.74, 6) is -0.873. The summed E-state index contributed by atoms with van der Waals surface area (Å²) in [6, 6.07) is 13.5. The molecule has 9 heteroatoms. The summed E-state index contributed by atoms with van der Waals surface area (Å²) >= 11 is 3.41. The molecule has 4 rings (SSSR count). The molecule has 1 N–H and O–H groups in total. The van der Waals surface area contributed by atoms with E-state index in [1.165, 1.54) is 24.5 Å². The maximum atomic E-state index is 13.0. The molecule has 0 unspecified atom stereocenters. The molecule has 1 fully saturated rings. The van der Waals surface area contributed by atoms with Gasteiger partial charge in [-0.3, -0.25) is 19.8 Å². The molecule has 7 nitrogen and oxygen atoms in total. The van der Waals surface area contributed by atoms with E-state index in [9.17, 15) is 18.8 Å². The van der Waals surface area contributed by atoms with Crippen molar-refractivity contribution in [3.05, 3.63) is 93.6 Å². The van der Waals surface area contributed by atoms with Gasteiger partial charge in [0.05, 0.1) is 17.3 Å². The van der Waals surface area contributed by atoms with Gasteiger partial charge >= 0.3 is 6.03 Å². The van der Waals surface area contributed by atoms with Crippen LogP contribution in [0.25, 0.3) is 6.08 Å². The van der Waals surface area contributed by atoms with Crippen molar-refractivity contribution in [3.8, 4) is 5.75 Å². The highest BCUT2D eigenvalue weighted by Crippen LogP contribution is 2.28. The van der Waals surface area contributed by atoms with Gasteiger partial charge in [0.1, 0.15) is 29.5 Å². The van der Waals surface area contributed by atoms with Gasteiger partial charge in [0.15, 0.2) is 0 Å². The number of hydrogen-bond donors (Lipinski definition) is 1. The predicted octanol–water partition coefficient (Wildman–Crippen LogP) is 4.42. The minimum Gasteiger partial charge on any atom is -0.488 e. The van der Waals surface area contributed by atoms with Gasteiger partial charge in [-0.2, -0.15) is 0 Å². The normalized spacial score (nSPS) is 15.2. The molecule has 0 bridgehead atoms. The van der Waals surface area contributed by atoms with Crippen LogP contribution < -0.4 is 10.1 Å². The number of nitrogens with zero attached hydrogens (tertiary/aromatic N) is 1. The van der Waals surface area contributed by atoms with Crippen molar-refractivity contribution in [2.45, 2.75) is 13.2 Å². The molecule has 1 aliphatic rings. The van der Waals surface area contributed by atoms with Crippen LogP contribution in [0, 0.1) is 5.82 Å². The van der Waals surface area contributed by atoms with Gasteiger partial charge in [-0.15, -0.1) is 0 Å². The third-order valence-electron chi connectivity index (χ3n) is 4.65. The third kappa shape index (κ3) is 4.78. The fourth-order valence-electron chi connectivity index (χ4n) is 3.03. The molecule has 1 aromatic heterocycles. The largest absolute Gasteiger partial charge is 0.488 e. The number of amides is 4. The summed E-state index contributed by atoms with van der Waals surface area (Å²) in [5.41, 5.74) is 1.18. The van der Waals surface area contributed by atoms with Gasteiger partial charge < -0.3 is 9.15 Å². The zero-order valence-electron chi connectivity index (χ0n) is 16.5. The zero-order chi connectivity index (χ0) is 22.7. The van der Waals surface area contributed by atoms with E-state index in [1.54, 1.807) is 42.5 Å². The molecule has 1 saturated heterocycles. The average Bonchev–Trinajstić information content (AvgIpc) is 3.28. The van der Waals surface area contributed by atoms with Crippen LogP contribution in [0.5, 0.6) is 5.75 Å². The lowest BCUT2D eigenvalue weighted by atomic mass is 10.1. The Kier molecular flexibility index (Phi) is 6.18. The van der Waals surface area contributed by atoms with E-state index in [-0.39, 0.29) is 24.5 Å². The van der Waals surface area contributed by atoms with E-state index in [0.717, 1.165) is 10.5 Å². The van der Waals surface area contributed by atoms with Crippen molar-refractivity contribution in [2.24, 2.45) is 0 Å². The molecular weight excluding hydrogens is 483 g/mol. The molecule has 0 radical (unpaired) electrons. The van der Waals surface area contributed by atoms with Crippen LogP contribution in [-0.2, 0) is 22.7 Å². The number of furan rings is 1. The SMILES string of the molecule is O=C1NC(=O)N(Cc2ccco2)C(=O)C1=Cc1ccc(OCc2ccc(F)cc2)c(Br)c1. The number of rotatable bonds is 6. The molecule has 32 heavy (non-hydrogen) atoms. The van der Waals surface area contributed by atoms with E-state index < -0.39 is 17.8 Å². The Morgan fingerprint density at radius 1 is 1.09 bits per heavy atom. The molecule has 0 aliphatic carbocycles. The molecule has 2 aromatic carbocycles. The van der Waals surface area contributed by atoms with Gasteiger partial charge in [-0.05, 0) is 69.5 Å². The van der Waals surface area contributed by atoms with E-state index in [1.807, 2.05) is 0 Å². The molecule has 4 amide bonds. The fourth-order valence-corrected chi connectivity index (χ4v) is 3.54. The summed E-state index contributed by atoms with van der Waals surface area (Å²) in [5, 5.41) is 2.17. The number of carbonyl (C=O) groups is 3. The summed E-state index contributed by atoms with van der Waals surface area (Å²) in [6.07, 6.45) is 2.83. The van der Waals surface area contributed by atoms with Gasteiger partial charge in [0.25, 0.3) is 11.8 Å². The second kappa shape index (κ2) is 9.19. The van der Waals surface area contributed by atoms with Gasteiger partial charge in [-0.25, -0.2) is 9.18 Å². The monoisotopic (exact) mass is 498 g/mol. The highest BCUT2D eigenvalue weighted by molar-refractivity contribution is 9.10. The third-order valence-corrected chi connectivity index (χ3v) is 5.27. The maximum Gasteiger partial charge on any atom is 0.331 e. The van der Waals surface area contributed by atoms with Crippen molar-refractivity contribution in [1.82, 2.24) is 10.2 Å². The minimum atomic E-state index is -0.806. The molecule has 0 spiro atoms. The van der Waals surface area contributed by atoms with Crippen molar-refractivity contribution in [3.63, 3.8) is 0 Å². The Morgan fingerprint density at radius 2 is 1.88 bits per heavy atom. The van der Waals surface area contributed by atoms with Crippen LogP contribution in [0.15, 0.2) is 75.3 Å². The van der Waals surface area contributed by atoms with Crippen LogP contribution >= 0.6 is 15.9 Å². The van der Waals surface area contributed by atoms with Crippen molar-refractivity contribution >= 4 is 39.9 Å². The highest BCUT2D eigenvalue weighted by Gasteiger charge is 2.36. The number of urea groups is 1. The lowest BCUT2D eigenvalue weighted by molar-refractivity contribution is -0.130. The Hall–Kier alpha value is -3.72. The molecule has 162 valence electrons. The number of ether oxygens (including phenoxy) is 1. The predicted molar refractivity (Wildman–Crippen MR) is 116 cm³/mol. The van der Waals surface area contributed by atoms with Crippen molar-refractivity contribution in [2.75, 3.05) is 0 Å². The first-order valence-electron chi connectivity index (χ1n) is 9.49. The summed E-state index contributed by atoms with van der Waals surface area (Å²) in [7, 11) is 0. The molecular formula is C23H16BrFN2O5. The van der Waals surface area contributed by atoms with Crippen LogP contribution in [-0.4, -0.2) is 22.7 Å². The van der Waals surface area contributed by atoms with Crippen molar-refractivity contribution in [1.29, 1.82) is 0 Å². The number of hydrogen-bond acceptors (Lipinski definition) is 5. The Balaban J connectivity index is 1.50. The van der Waals surface area contributed by atoms with Crippen LogP contribution in [0.3, 0.4) is 0 Å². The molecule has 0 atom stereocenters. The Morgan fingerprint density at radius 3 is 2.56 bits per heavy atom. The molecule has 3 aromatic rings. The Labute approximate surface area is 190 Å². The van der Waals surface area contributed by atoms with E-state index in [0.29, 0.717) is 21.5 Å². The average molecular weight is 499 g/mol. The topological polar surface area (TPSA) is 88.9 Å². The van der Waals surface area contributed by atoms with E-state index in [4.69, 9.17) is 9.15 Å². The van der Waals surface area contributed by atoms with Gasteiger partial charge in [0, 0.05) is 0 Å². The Bertz CT molecular complexity index is 1210. The quantitative estimate of drug-likeness (QED) is 0.401. The highest BCUT2D eigenvalue weighted by atomic mass is 79.9.